The number of hydrogen-bond donors (Lipinski definition) is 2. The van der Waals surface area contributed by atoms with E-state index in [1.807, 2.05) is 63.2 Å². The molecule has 0 fully saturated rings. The Morgan fingerprint density at radius 1 is 1.20 bits per heavy atom. The van der Waals surface area contributed by atoms with Crippen LogP contribution in [0.4, 0.5) is 0 Å². The highest BCUT2D eigenvalue weighted by atomic mass is 32.2. The number of nitrogens with zero attached hydrogens (tertiary/aromatic N) is 1. The number of benzene rings is 2. The van der Waals surface area contributed by atoms with Gasteiger partial charge in [0.25, 0.3) is 5.91 Å². The Bertz CT molecular complexity index is 983. The predicted molar refractivity (Wildman–Crippen MR) is 117 cm³/mol. The molecule has 2 N–H and O–H groups in total. The summed E-state index contributed by atoms with van der Waals surface area (Å²) < 4.78 is 10.8. The van der Waals surface area contributed by atoms with Crippen molar-refractivity contribution in [1.29, 1.82) is 0 Å². The molecule has 1 heterocycles. The van der Waals surface area contributed by atoms with Crippen LogP contribution in [0.2, 0.25) is 0 Å². The first-order valence-corrected chi connectivity index (χ1v) is 10.7. The second kappa shape index (κ2) is 10.3. The Morgan fingerprint density at radius 2 is 2.00 bits per heavy atom. The summed E-state index contributed by atoms with van der Waals surface area (Å²) in [6, 6.07) is 15.0. The summed E-state index contributed by atoms with van der Waals surface area (Å²) in [5.41, 5.74) is 3.56. The number of aryl methyl sites for hydroxylation is 3. The number of nitrogens with one attached hydrogen (secondary N) is 1. The number of rotatable bonds is 9. The fourth-order valence-corrected chi connectivity index (χ4v) is 4.10. The first kappa shape index (κ1) is 21.9. The first-order chi connectivity index (χ1) is 14.4. The topological polar surface area (TPSA) is 84.6 Å². The van der Waals surface area contributed by atoms with Gasteiger partial charge >= 0.3 is 0 Å². The van der Waals surface area contributed by atoms with Gasteiger partial charge in [-0.25, -0.2) is 0 Å². The maximum absolute atomic E-state index is 12.7. The monoisotopic (exact) mass is 426 g/mol. The van der Waals surface area contributed by atoms with E-state index in [2.05, 4.69) is 10.5 Å². The minimum Gasteiger partial charge on any atom is -0.491 e. The molecule has 1 aromatic heterocycles. The van der Waals surface area contributed by atoms with Gasteiger partial charge in [-0.2, -0.15) is 0 Å². The third-order valence-electron chi connectivity index (χ3n) is 4.62. The third-order valence-corrected chi connectivity index (χ3v) is 5.72. The molecular weight excluding hydrogens is 400 g/mol. The van der Waals surface area contributed by atoms with Crippen molar-refractivity contribution in [2.45, 2.75) is 37.5 Å². The van der Waals surface area contributed by atoms with Gasteiger partial charge < -0.3 is 19.7 Å². The van der Waals surface area contributed by atoms with Gasteiger partial charge in [-0.1, -0.05) is 29.4 Å². The number of amides is 1. The van der Waals surface area contributed by atoms with Crippen molar-refractivity contribution in [2.75, 3.05) is 13.2 Å². The number of aliphatic hydroxyl groups is 1. The van der Waals surface area contributed by atoms with Crippen LogP contribution >= 0.6 is 11.8 Å². The molecule has 1 amide bonds. The van der Waals surface area contributed by atoms with E-state index in [4.69, 9.17) is 9.26 Å². The molecule has 0 saturated carbocycles. The lowest BCUT2D eigenvalue weighted by atomic mass is 10.2. The van der Waals surface area contributed by atoms with Crippen molar-refractivity contribution in [3.63, 3.8) is 0 Å². The normalized spacial score (nSPS) is 11.9. The minimum absolute atomic E-state index is 0.103. The van der Waals surface area contributed by atoms with E-state index in [0.717, 1.165) is 27.5 Å². The molecule has 0 aliphatic rings. The van der Waals surface area contributed by atoms with Crippen molar-refractivity contribution in [3.8, 4) is 5.75 Å². The second-order valence-electron chi connectivity index (χ2n) is 7.08. The van der Waals surface area contributed by atoms with Crippen LogP contribution in [0.1, 0.15) is 32.9 Å². The molecule has 0 aliphatic carbocycles. The third kappa shape index (κ3) is 5.87. The second-order valence-corrected chi connectivity index (χ2v) is 8.10. The van der Waals surface area contributed by atoms with E-state index < -0.39 is 6.10 Å². The molecule has 0 bridgehead atoms. The Kier molecular flexibility index (Phi) is 7.54. The van der Waals surface area contributed by atoms with E-state index in [1.165, 1.54) is 0 Å². The molecule has 158 valence electrons. The molecule has 0 saturated heterocycles. The zero-order chi connectivity index (χ0) is 21.5. The van der Waals surface area contributed by atoms with Gasteiger partial charge in [0.15, 0.2) is 0 Å². The summed E-state index contributed by atoms with van der Waals surface area (Å²) >= 11 is 1.56. The van der Waals surface area contributed by atoms with Crippen molar-refractivity contribution >= 4 is 17.7 Å². The molecule has 0 aliphatic heterocycles. The van der Waals surface area contributed by atoms with E-state index >= 15 is 0 Å². The van der Waals surface area contributed by atoms with Crippen LogP contribution < -0.4 is 10.1 Å². The van der Waals surface area contributed by atoms with E-state index in [1.54, 1.807) is 17.8 Å². The lowest BCUT2D eigenvalue weighted by Gasteiger charge is -2.14. The first-order valence-electron chi connectivity index (χ1n) is 9.73. The quantitative estimate of drug-likeness (QED) is 0.502. The summed E-state index contributed by atoms with van der Waals surface area (Å²) in [6.07, 6.45) is -0.809. The van der Waals surface area contributed by atoms with Crippen molar-refractivity contribution in [2.24, 2.45) is 0 Å². The number of thioether (sulfide) groups is 1. The van der Waals surface area contributed by atoms with Crippen LogP contribution in [-0.2, 0) is 5.75 Å². The average molecular weight is 427 g/mol. The number of carbonyl (C=O) groups excluding carboxylic acids is 1. The molecular formula is C23H26N2O4S. The highest BCUT2D eigenvalue weighted by molar-refractivity contribution is 7.98. The fourth-order valence-electron chi connectivity index (χ4n) is 2.90. The Labute approximate surface area is 180 Å². The van der Waals surface area contributed by atoms with E-state index in [0.29, 0.717) is 17.1 Å². The molecule has 3 aromatic rings. The van der Waals surface area contributed by atoms with Crippen LogP contribution in [-0.4, -0.2) is 35.4 Å². The summed E-state index contributed by atoms with van der Waals surface area (Å²) in [6.45, 7) is 5.98. The van der Waals surface area contributed by atoms with Gasteiger partial charge in [-0.3, -0.25) is 4.79 Å². The Morgan fingerprint density at radius 3 is 2.73 bits per heavy atom. The van der Waals surface area contributed by atoms with Gasteiger partial charge in [0.05, 0.1) is 11.3 Å². The molecule has 1 atom stereocenters. The number of aliphatic hydroxyl groups excluding tert-OH is 1. The highest BCUT2D eigenvalue weighted by Gasteiger charge is 2.15. The highest BCUT2D eigenvalue weighted by Crippen LogP contribution is 2.28. The molecule has 0 radical (unpaired) electrons. The molecule has 0 spiro atoms. The lowest BCUT2D eigenvalue weighted by molar-refractivity contribution is 0.0841. The molecule has 1 unspecified atom stereocenters. The number of carbonyl (C=O) groups is 1. The summed E-state index contributed by atoms with van der Waals surface area (Å²) in [5, 5.41) is 16.9. The Balaban J connectivity index is 1.53. The van der Waals surface area contributed by atoms with Crippen molar-refractivity contribution in [1.82, 2.24) is 10.5 Å². The maximum atomic E-state index is 12.7. The molecule has 6 nitrogen and oxygen atoms in total. The number of aromatic nitrogens is 1. The van der Waals surface area contributed by atoms with Crippen LogP contribution in [0.15, 0.2) is 57.9 Å². The van der Waals surface area contributed by atoms with Gasteiger partial charge in [0.1, 0.15) is 24.2 Å². The predicted octanol–water partition coefficient (Wildman–Crippen LogP) is 4.06. The average Bonchev–Trinajstić information content (AvgIpc) is 3.06. The van der Waals surface area contributed by atoms with E-state index in [9.17, 15) is 9.90 Å². The van der Waals surface area contributed by atoms with Crippen molar-refractivity contribution < 1.29 is 19.2 Å². The fraction of sp³-hybridized carbons (Fsp3) is 0.304. The zero-order valence-corrected chi connectivity index (χ0v) is 18.2. The summed E-state index contributed by atoms with van der Waals surface area (Å²) in [5.74, 6) is 1.92. The van der Waals surface area contributed by atoms with Crippen LogP contribution in [0.3, 0.4) is 0 Å². The summed E-state index contributed by atoms with van der Waals surface area (Å²) in [4.78, 5) is 13.5. The Hall–Kier alpha value is -2.77. The zero-order valence-electron chi connectivity index (χ0n) is 17.3. The number of ether oxygens (including phenoxy) is 1. The van der Waals surface area contributed by atoms with Crippen LogP contribution in [0, 0.1) is 20.8 Å². The van der Waals surface area contributed by atoms with E-state index in [-0.39, 0.29) is 19.1 Å². The van der Waals surface area contributed by atoms with Gasteiger partial charge in [-0.15, -0.1) is 11.8 Å². The molecule has 3 rings (SSSR count). The van der Waals surface area contributed by atoms with Crippen molar-refractivity contribution in [3.05, 3.63) is 76.7 Å². The maximum Gasteiger partial charge on any atom is 0.252 e. The SMILES string of the molecule is Cc1cccc(OCC(O)CNC(=O)c2ccccc2SCc2c(C)noc2C)c1. The van der Waals surface area contributed by atoms with Crippen LogP contribution in [0.5, 0.6) is 5.75 Å². The standard InChI is InChI=1S/C23H26N2O4S/c1-15-7-6-8-19(11-15)28-13-18(26)12-24-23(27)20-9-4-5-10-22(20)30-14-21-16(2)25-29-17(21)3/h4-11,18,26H,12-14H2,1-3H3,(H,24,27). The van der Waals surface area contributed by atoms with Gasteiger partial charge in [0.2, 0.25) is 0 Å². The molecule has 7 heteroatoms. The smallest absolute Gasteiger partial charge is 0.252 e. The summed E-state index contributed by atoms with van der Waals surface area (Å²) in [7, 11) is 0. The largest absolute Gasteiger partial charge is 0.491 e. The molecule has 2 aromatic carbocycles. The lowest BCUT2D eigenvalue weighted by Crippen LogP contribution is -2.35. The minimum atomic E-state index is -0.809. The number of hydrogen-bond acceptors (Lipinski definition) is 6. The van der Waals surface area contributed by atoms with Gasteiger partial charge in [-0.05, 0) is 50.6 Å². The molecule has 30 heavy (non-hydrogen) atoms. The van der Waals surface area contributed by atoms with Crippen LogP contribution in [0.25, 0.3) is 0 Å². The van der Waals surface area contributed by atoms with Gasteiger partial charge in [0, 0.05) is 22.8 Å².